The van der Waals surface area contributed by atoms with Gasteiger partial charge in [0.1, 0.15) is 5.82 Å². The molecule has 0 amide bonds. The lowest BCUT2D eigenvalue weighted by Crippen LogP contribution is -2.08. The number of hydrogen-bond acceptors (Lipinski definition) is 1. The maximum Gasteiger partial charge on any atom is 0.141 e. The van der Waals surface area contributed by atoms with Crippen molar-refractivity contribution in [1.29, 1.82) is 0 Å². The third-order valence-corrected chi connectivity index (χ3v) is 3.42. The standard InChI is InChI=1S/C12H14ClFO/c13-10-7-9(5-6-11(10)14)12(15)8-3-1-2-4-8/h5-8,12,15H,1-4H2. The lowest BCUT2D eigenvalue weighted by atomic mass is 9.94. The number of benzene rings is 1. The molecule has 0 radical (unpaired) electrons. The van der Waals surface area contributed by atoms with Crippen LogP contribution in [0.25, 0.3) is 0 Å². The maximum absolute atomic E-state index is 12.9. The Kier molecular flexibility index (Phi) is 3.27. The van der Waals surface area contributed by atoms with Gasteiger partial charge in [0.05, 0.1) is 11.1 Å². The van der Waals surface area contributed by atoms with Crippen molar-refractivity contribution in [2.45, 2.75) is 31.8 Å². The van der Waals surface area contributed by atoms with Gasteiger partial charge >= 0.3 is 0 Å². The van der Waals surface area contributed by atoms with E-state index in [0.29, 0.717) is 5.92 Å². The van der Waals surface area contributed by atoms with Gasteiger partial charge in [0.25, 0.3) is 0 Å². The van der Waals surface area contributed by atoms with Crippen LogP contribution in [0.2, 0.25) is 5.02 Å². The fourth-order valence-electron chi connectivity index (χ4n) is 2.24. The molecule has 1 unspecified atom stereocenters. The second-order valence-corrected chi connectivity index (χ2v) is 4.57. The molecular weight excluding hydrogens is 215 g/mol. The molecule has 1 saturated carbocycles. The summed E-state index contributed by atoms with van der Waals surface area (Å²) in [6.45, 7) is 0. The van der Waals surface area contributed by atoms with Gasteiger partial charge in [-0.25, -0.2) is 4.39 Å². The van der Waals surface area contributed by atoms with Crippen LogP contribution in [0.3, 0.4) is 0 Å². The van der Waals surface area contributed by atoms with Crippen molar-refractivity contribution in [3.8, 4) is 0 Å². The van der Waals surface area contributed by atoms with Crippen LogP contribution >= 0.6 is 11.6 Å². The Morgan fingerprint density at radius 1 is 1.33 bits per heavy atom. The Balaban J connectivity index is 2.17. The minimum Gasteiger partial charge on any atom is -0.388 e. The summed E-state index contributed by atoms with van der Waals surface area (Å²) in [6.07, 6.45) is 3.96. The van der Waals surface area contributed by atoms with E-state index in [9.17, 15) is 9.50 Å². The smallest absolute Gasteiger partial charge is 0.141 e. The topological polar surface area (TPSA) is 20.2 Å². The molecule has 1 nitrogen and oxygen atoms in total. The number of hydrogen-bond donors (Lipinski definition) is 1. The van der Waals surface area contributed by atoms with E-state index in [1.807, 2.05) is 0 Å². The summed E-state index contributed by atoms with van der Waals surface area (Å²) in [5.74, 6) is -0.120. The number of halogens is 2. The van der Waals surface area contributed by atoms with Crippen LogP contribution in [0, 0.1) is 11.7 Å². The van der Waals surface area contributed by atoms with Gasteiger partial charge in [0.15, 0.2) is 0 Å². The quantitative estimate of drug-likeness (QED) is 0.818. The van der Waals surface area contributed by atoms with Crippen LogP contribution in [0.15, 0.2) is 18.2 Å². The van der Waals surface area contributed by atoms with Gasteiger partial charge in [0, 0.05) is 0 Å². The summed E-state index contributed by atoms with van der Waals surface area (Å²) >= 11 is 5.68. The third-order valence-electron chi connectivity index (χ3n) is 3.13. The van der Waals surface area contributed by atoms with Crippen LogP contribution in [0.5, 0.6) is 0 Å². The molecule has 1 aliphatic rings. The first-order chi connectivity index (χ1) is 7.18. The summed E-state index contributed by atoms with van der Waals surface area (Å²) in [7, 11) is 0. The third kappa shape index (κ3) is 2.32. The molecule has 0 saturated heterocycles. The SMILES string of the molecule is OC(c1ccc(F)c(Cl)c1)C1CCCC1. The Bertz CT molecular complexity index is 347. The summed E-state index contributed by atoms with van der Waals surface area (Å²) in [4.78, 5) is 0. The van der Waals surface area contributed by atoms with E-state index in [4.69, 9.17) is 11.6 Å². The molecule has 15 heavy (non-hydrogen) atoms. The monoisotopic (exact) mass is 228 g/mol. The summed E-state index contributed by atoms with van der Waals surface area (Å²) in [5, 5.41) is 10.1. The predicted molar refractivity (Wildman–Crippen MR) is 58.3 cm³/mol. The first-order valence-electron chi connectivity index (χ1n) is 5.31. The van der Waals surface area contributed by atoms with Crippen LogP contribution in [-0.2, 0) is 0 Å². The molecule has 82 valence electrons. The number of aliphatic hydroxyl groups excluding tert-OH is 1. The van der Waals surface area contributed by atoms with Crippen LogP contribution in [-0.4, -0.2) is 5.11 Å². The predicted octanol–water partition coefficient (Wildman–Crippen LogP) is 3.70. The number of rotatable bonds is 2. The zero-order valence-corrected chi connectivity index (χ0v) is 9.17. The molecule has 0 spiro atoms. The van der Waals surface area contributed by atoms with E-state index >= 15 is 0 Å². The first-order valence-corrected chi connectivity index (χ1v) is 5.69. The van der Waals surface area contributed by atoms with Crippen molar-refractivity contribution in [2.24, 2.45) is 5.92 Å². The Hall–Kier alpha value is -0.600. The molecule has 3 heteroatoms. The van der Waals surface area contributed by atoms with E-state index in [1.165, 1.54) is 25.0 Å². The molecule has 0 bridgehead atoms. The average Bonchev–Trinajstić information content (AvgIpc) is 2.74. The molecular formula is C12H14ClFO. The van der Waals surface area contributed by atoms with Gasteiger partial charge in [-0.2, -0.15) is 0 Å². The summed E-state index contributed by atoms with van der Waals surface area (Å²) in [6, 6.07) is 4.46. The van der Waals surface area contributed by atoms with Gasteiger partial charge in [-0.3, -0.25) is 0 Å². The highest BCUT2D eigenvalue weighted by atomic mass is 35.5. The fourth-order valence-corrected chi connectivity index (χ4v) is 2.43. The lowest BCUT2D eigenvalue weighted by molar-refractivity contribution is 0.111. The van der Waals surface area contributed by atoms with Crippen molar-refractivity contribution < 1.29 is 9.50 Å². The minimum absolute atomic E-state index is 0.0875. The number of aliphatic hydroxyl groups is 1. The van der Waals surface area contributed by atoms with E-state index in [0.717, 1.165) is 18.4 Å². The van der Waals surface area contributed by atoms with Gasteiger partial charge in [0.2, 0.25) is 0 Å². The average molecular weight is 229 g/mol. The zero-order chi connectivity index (χ0) is 10.8. The summed E-state index contributed by atoms with van der Waals surface area (Å²) in [5.41, 5.74) is 0.730. The Morgan fingerprint density at radius 3 is 2.60 bits per heavy atom. The van der Waals surface area contributed by atoms with E-state index in [2.05, 4.69) is 0 Å². The Morgan fingerprint density at radius 2 is 2.00 bits per heavy atom. The lowest BCUT2D eigenvalue weighted by Gasteiger charge is -2.18. The molecule has 1 N–H and O–H groups in total. The van der Waals surface area contributed by atoms with Crippen molar-refractivity contribution >= 4 is 11.6 Å². The molecule has 1 aromatic rings. The molecule has 0 heterocycles. The highest BCUT2D eigenvalue weighted by Gasteiger charge is 2.24. The van der Waals surface area contributed by atoms with Crippen LogP contribution in [0.1, 0.15) is 37.4 Å². The van der Waals surface area contributed by atoms with Gasteiger partial charge in [-0.1, -0.05) is 30.5 Å². The maximum atomic E-state index is 12.9. The largest absolute Gasteiger partial charge is 0.388 e. The van der Waals surface area contributed by atoms with Gasteiger partial charge < -0.3 is 5.11 Å². The second kappa shape index (κ2) is 4.50. The van der Waals surface area contributed by atoms with E-state index < -0.39 is 11.9 Å². The molecule has 1 aromatic carbocycles. The van der Waals surface area contributed by atoms with Gasteiger partial charge in [-0.05, 0) is 36.5 Å². The molecule has 0 aromatic heterocycles. The van der Waals surface area contributed by atoms with Crippen molar-refractivity contribution in [2.75, 3.05) is 0 Å². The molecule has 0 aliphatic heterocycles. The highest BCUT2D eigenvalue weighted by Crippen LogP contribution is 2.36. The fraction of sp³-hybridized carbons (Fsp3) is 0.500. The first kappa shape index (κ1) is 10.9. The van der Waals surface area contributed by atoms with Gasteiger partial charge in [-0.15, -0.1) is 0 Å². The van der Waals surface area contributed by atoms with Crippen molar-refractivity contribution in [3.63, 3.8) is 0 Å². The van der Waals surface area contributed by atoms with E-state index in [1.54, 1.807) is 6.07 Å². The summed E-state index contributed by atoms with van der Waals surface area (Å²) < 4.78 is 12.9. The minimum atomic E-state index is -0.495. The molecule has 2 rings (SSSR count). The molecule has 1 aliphatic carbocycles. The Labute approximate surface area is 93.9 Å². The van der Waals surface area contributed by atoms with Crippen molar-refractivity contribution in [3.05, 3.63) is 34.6 Å². The van der Waals surface area contributed by atoms with Crippen LogP contribution in [0.4, 0.5) is 4.39 Å². The second-order valence-electron chi connectivity index (χ2n) is 4.16. The molecule has 1 fully saturated rings. The van der Waals surface area contributed by atoms with E-state index in [-0.39, 0.29) is 5.02 Å². The van der Waals surface area contributed by atoms with Crippen LogP contribution < -0.4 is 0 Å². The van der Waals surface area contributed by atoms with Crippen molar-refractivity contribution in [1.82, 2.24) is 0 Å². The molecule has 1 atom stereocenters. The highest BCUT2D eigenvalue weighted by molar-refractivity contribution is 6.30. The normalized spacial score (nSPS) is 19.4. The zero-order valence-electron chi connectivity index (χ0n) is 8.42.